The Bertz CT molecular complexity index is 1790. The molecule has 1 aliphatic rings. The van der Waals surface area contributed by atoms with Crippen LogP contribution in [0.3, 0.4) is 0 Å². The fourth-order valence-electron chi connectivity index (χ4n) is 4.97. The van der Waals surface area contributed by atoms with Gasteiger partial charge in [-0.3, -0.25) is 19.4 Å². The quantitative estimate of drug-likeness (QED) is 0.149. The minimum absolute atomic E-state index is 0.00151. The highest BCUT2D eigenvalue weighted by molar-refractivity contribution is 7.81. The van der Waals surface area contributed by atoms with Crippen LogP contribution in [0.5, 0.6) is 0 Å². The van der Waals surface area contributed by atoms with Crippen LogP contribution in [0.4, 0.5) is 11.4 Å². The van der Waals surface area contributed by atoms with Crippen molar-refractivity contribution < 1.29 is 9.59 Å². The summed E-state index contributed by atoms with van der Waals surface area (Å²) in [6.45, 7) is 0.464. The first-order valence-electron chi connectivity index (χ1n) is 12.7. The van der Waals surface area contributed by atoms with Gasteiger partial charge in [-0.05, 0) is 60.3 Å². The summed E-state index contributed by atoms with van der Waals surface area (Å²) in [5.41, 5.74) is 4.28. The molecule has 0 N–H and O–H groups in total. The number of thiocarbonyl (C=S) groups is 1. The van der Waals surface area contributed by atoms with E-state index < -0.39 is 11.8 Å². The lowest BCUT2D eigenvalue weighted by Gasteiger charge is -2.36. The van der Waals surface area contributed by atoms with Crippen LogP contribution in [-0.4, -0.2) is 21.5 Å². The van der Waals surface area contributed by atoms with E-state index in [-0.39, 0.29) is 10.7 Å². The predicted octanol–water partition coefficient (Wildman–Crippen LogP) is 6.31. The summed E-state index contributed by atoms with van der Waals surface area (Å²) in [7, 11) is 0. The first kappa shape index (κ1) is 25.0. The standard InChI is InChI=1S/C33H22N4O2S/c34-20-23-11-7-8-12-24(23)21-35-22-25(28-17-9-10-18-30(28)35)19-29-31(38)36(26-13-3-1-4-14-26)33(40)37(32(29)39)27-15-5-2-6-16-27/h1-19,22H,21H2. The van der Waals surface area contributed by atoms with Crippen molar-refractivity contribution in [3.8, 4) is 6.07 Å². The highest BCUT2D eigenvalue weighted by atomic mass is 32.1. The summed E-state index contributed by atoms with van der Waals surface area (Å²) in [5.74, 6) is -0.972. The Kier molecular flexibility index (Phi) is 6.52. The van der Waals surface area contributed by atoms with E-state index in [1.54, 1.807) is 36.4 Å². The van der Waals surface area contributed by atoms with Gasteiger partial charge in [0.1, 0.15) is 5.57 Å². The fraction of sp³-hybridized carbons (Fsp3) is 0.0303. The lowest BCUT2D eigenvalue weighted by molar-refractivity contribution is -0.120. The van der Waals surface area contributed by atoms with Crippen molar-refractivity contribution in [1.82, 2.24) is 4.57 Å². The Labute approximate surface area is 236 Å². The molecule has 2 heterocycles. The third-order valence-corrected chi connectivity index (χ3v) is 7.24. The number of nitrogens with zero attached hydrogens (tertiary/aromatic N) is 4. The van der Waals surface area contributed by atoms with Crippen LogP contribution in [0.25, 0.3) is 17.0 Å². The predicted molar refractivity (Wildman–Crippen MR) is 161 cm³/mol. The second-order valence-electron chi connectivity index (χ2n) is 9.29. The van der Waals surface area contributed by atoms with E-state index in [4.69, 9.17) is 12.2 Å². The van der Waals surface area contributed by atoms with Crippen LogP contribution in [0.15, 0.2) is 121 Å². The average Bonchev–Trinajstić information content (AvgIpc) is 3.33. The maximum absolute atomic E-state index is 13.9. The molecule has 1 saturated heterocycles. The van der Waals surface area contributed by atoms with Gasteiger partial charge in [0, 0.05) is 29.2 Å². The molecule has 2 amide bonds. The van der Waals surface area contributed by atoms with Crippen LogP contribution in [-0.2, 0) is 16.1 Å². The number of fused-ring (bicyclic) bond motifs is 1. The molecule has 6 rings (SSSR count). The normalized spacial score (nSPS) is 13.6. The van der Waals surface area contributed by atoms with Crippen LogP contribution in [0, 0.1) is 11.3 Å². The molecule has 5 aromatic rings. The zero-order valence-corrected chi connectivity index (χ0v) is 22.1. The molecule has 0 unspecified atom stereocenters. The molecule has 7 heteroatoms. The first-order chi connectivity index (χ1) is 19.6. The first-order valence-corrected chi connectivity index (χ1v) is 13.1. The Morgan fingerprint density at radius 3 is 1.90 bits per heavy atom. The minimum Gasteiger partial charge on any atom is -0.342 e. The Hall–Kier alpha value is -5.32. The number of aromatic nitrogens is 1. The van der Waals surface area contributed by atoms with Crippen LogP contribution in [0.1, 0.15) is 16.7 Å². The lowest BCUT2D eigenvalue weighted by Crippen LogP contribution is -2.56. The van der Waals surface area contributed by atoms with Crippen LogP contribution >= 0.6 is 12.2 Å². The third kappa shape index (κ3) is 4.37. The van der Waals surface area contributed by atoms with Gasteiger partial charge in [-0.1, -0.05) is 72.8 Å². The van der Waals surface area contributed by atoms with Crippen LogP contribution in [0.2, 0.25) is 0 Å². The molecule has 0 saturated carbocycles. The van der Waals surface area contributed by atoms with Crippen molar-refractivity contribution in [2.24, 2.45) is 0 Å². The largest absolute Gasteiger partial charge is 0.342 e. The van der Waals surface area contributed by atoms with Gasteiger partial charge >= 0.3 is 0 Å². The van der Waals surface area contributed by atoms with Gasteiger partial charge in [0.25, 0.3) is 11.8 Å². The van der Waals surface area contributed by atoms with Gasteiger partial charge in [0.05, 0.1) is 23.0 Å². The highest BCUT2D eigenvalue weighted by Gasteiger charge is 2.41. The third-order valence-electron chi connectivity index (χ3n) is 6.88. The summed E-state index contributed by atoms with van der Waals surface area (Å²) in [5, 5.41) is 10.6. The molecule has 4 aromatic carbocycles. The van der Waals surface area contributed by atoms with E-state index in [1.165, 1.54) is 9.80 Å². The smallest absolute Gasteiger partial charge is 0.270 e. The van der Waals surface area contributed by atoms with Gasteiger partial charge in [-0.2, -0.15) is 5.26 Å². The van der Waals surface area contributed by atoms with E-state index >= 15 is 0 Å². The molecule has 0 atom stereocenters. The number of rotatable bonds is 5. The SMILES string of the molecule is N#Cc1ccccc1Cn1cc(C=C2C(=O)N(c3ccccc3)C(=S)N(c3ccccc3)C2=O)c2ccccc21. The van der Waals surface area contributed by atoms with E-state index in [0.717, 1.165) is 22.0 Å². The van der Waals surface area contributed by atoms with E-state index in [2.05, 4.69) is 6.07 Å². The summed E-state index contributed by atoms with van der Waals surface area (Å²) in [4.78, 5) is 30.7. The highest BCUT2D eigenvalue weighted by Crippen LogP contribution is 2.32. The van der Waals surface area contributed by atoms with Crippen molar-refractivity contribution in [3.63, 3.8) is 0 Å². The number of carbonyl (C=O) groups is 2. The molecule has 6 nitrogen and oxygen atoms in total. The summed E-state index contributed by atoms with van der Waals surface area (Å²) in [6.07, 6.45) is 3.56. The van der Waals surface area contributed by atoms with Gasteiger partial charge < -0.3 is 4.57 Å². The van der Waals surface area contributed by atoms with Gasteiger partial charge in [0.15, 0.2) is 5.11 Å². The molecule has 40 heavy (non-hydrogen) atoms. The van der Waals surface area contributed by atoms with Crippen molar-refractivity contribution >= 4 is 57.5 Å². The average molecular weight is 539 g/mol. The number of anilines is 2. The zero-order valence-electron chi connectivity index (χ0n) is 21.3. The molecular weight excluding hydrogens is 516 g/mol. The van der Waals surface area contributed by atoms with Gasteiger partial charge in [0.2, 0.25) is 0 Å². The number of nitriles is 1. The number of carbonyl (C=O) groups excluding carboxylic acids is 2. The minimum atomic E-state index is -0.486. The number of hydrogen-bond acceptors (Lipinski definition) is 4. The van der Waals surface area contributed by atoms with E-state index in [1.807, 2.05) is 89.6 Å². The van der Waals surface area contributed by atoms with Crippen molar-refractivity contribution in [1.29, 1.82) is 5.26 Å². The fourth-order valence-corrected chi connectivity index (χ4v) is 5.34. The Morgan fingerprint density at radius 1 is 0.725 bits per heavy atom. The van der Waals surface area contributed by atoms with E-state index in [9.17, 15) is 14.9 Å². The molecule has 1 fully saturated rings. The maximum atomic E-state index is 13.9. The Balaban J connectivity index is 1.50. The summed E-state index contributed by atoms with van der Waals surface area (Å²) < 4.78 is 2.03. The van der Waals surface area contributed by atoms with Gasteiger partial charge in [-0.15, -0.1) is 0 Å². The number of para-hydroxylation sites is 3. The van der Waals surface area contributed by atoms with Crippen LogP contribution < -0.4 is 9.80 Å². The molecule has 1 aliphatic heterocycles. The topological polar surface area (TPSA) is 69.3 Å². The second-order valence-corrected chi connectivity index (χ2v) is 9.66. The summed E-state index contributed by atoms with van der Waals surface area (Å²) in [6, 6.07) is 35.7. The molecule has 0 spiro atoms. The van der Waals surface area contributed by atoms with E-state index in [0.29, 0.717) is 23.5 Å². The molecule has 0 radical (unpaired) electrons. The van der Waals surface area contributed by atoms with Crippen molar-refractivity contribution in [2.75, 3.05) is 9.80 Å². The molecule has 1 aromatic heterocycles. The Morgan fingerprint density at radius 2 is 1.27 bits per heavy atom. The lowest BCUT2D eigenvalue weighted by atomic mass is 10.0. The number of benzene rings is 4. The number of hydrogen-bond donors (Lipinski definition) is 0. The molecule has 192 valence electrons. The zero-order chi connectivity index (χ0) is 27.6. The molecule has 0 bridgehead atoms. The molecular formula is C33H22N4O2S. The number of amides is 2. The molecule has 0 aliphatic carbocycles. The second kappa shape index (κ2) is 10.4. The summed E-state index contributed by atoms with van der Waals surface area (Å²) >= 11 is 5.71. The van der Waals surface area contributed by atoms with Crippen molar-refractivity contribution in [3.05, 3.63) is 138 Å². The monoisotopic (exact) mass is 538 g/mol. The van der Waals surface area contributed by atoms with Gasteiger partial charge in [-0.25, -0.2) is 0 Å². The maximum Gasteiger partial charge on any atom is 0.270 e. The van der Waals surface area contributed by atoms with Crippen molar-refractivity contribution in [2.45, 2.75) is 6.54 Å².